The van der Waals surface area contributed by atoms with Crippen LogP contribution in [0.4, 0.5) is 5.69 Å². The Labute approximate surface area is 146 Å². The average molecular weight is 394 g/mol. The van der Waals surface area contributed by atoms with E-state index < -0.39 is 0 Å². The van der Waals surface area contributed by atoms with Crippen molar-refractivity contribution < 1.29 is 9.21 Å². The fourth-order valence-electron chi connectivity index (χ4n) is 2.35. The van der Waals surface area contributed by atoms with Crippen molar-refractivity contribution in [2.75, 3.05) is 4.90 Å². The number of benzene rings is 1. The molecule has 0 bridgehead atoms. The van der Waals surface area contributed by atoms with E-state index in [1.165, 1.54) is 11.8 Å². The van der Waals surface area contributed by atoms with Gasteiger partial charge in [-0.3, -0.25) is 9.69 Å². The predicted molar refractivity (Wildman–Crippen MR) is 98.0 cm³/mol. The van der Waals surface area contributed by atoms with Crippen LogP contribution in [0.2, 0.25) is 0 Å². The van der Waals surface area contributed by atoms with Gasteiger partial charge >= 0.3 is 0 Å². The fourth-order valence-corrected chi connectivity index (χ4v) is 3.92. The molecule has 1 saturated heterocycles. The van der Waals surface area contributed by atoms with Crippen molar-refractivity contribution in [1.29, 1.82) is 0 Å². The topological polar surface area (TPSA) is 33.5 Å². The number of thioether (sulfide) groups is 1. The zero-order valence-corrected chi connectivity index (χ0v) is 15.1. The lowest BCUT2D eigenvalue weighted by Crippen LogP contribution is -2.29. The maximum Gasteiger partial charge on any atom is 0.270 e. The second kappa shape index (κ2) is 6.02. The third-order valence-corrected chi connectivity index (χ3v) is 5.05. The van der Waals surface area contributed by atoms with E-state index in [0.717, 1.165) is 16.8 Å². The van der Waals surface area contributed by atoms with Crippen LogP contribution >= 0.6 is 39.9 Å². The number of carbonyl (C=O) groups is 1. The van der Waals surface area contributed by atoms with Gasteiger partial charge in [0.1, 0.15) is 5.76 Å². The Kier molecular flexibility index (Phi) is 4.25. The van der Waals surface area contributed by atoms with Crippen LogP contribution in [-0.4, -0.2) is 10.2 Å². The lowest BCUT2D eigenvalue weighted by molar-refractivity contribution is -0.113. The highest BCUT2D eigenvalue weighted by Crippen LogP contribution is 2.38. The van der Waals surface area contributed by atoms with Crippen LogP contribution in [-0.2, 0) is 4.79 Å². The summed E-state index contributed by atoms with van der Waals surface area (Å²) in [5.74, 6) is 0.508. The van der Waals surface area contributed by atoms with Gasteiger partial charge < -0.3 is 4.42 Å². The number of rotatable bonds is 2. The molecular formula is C16H12BrNO2S2. The first-order valence-electron chi connectivity index (χ1n) is 6.57. The zero-order chi connectivity index (χ0) is 15.9. The fraction of sp³-hybridized carbons (Fsp3) is 0.125. The van der Waals surface area contributed by atoms with Gasteiger partial charge in [0.05, 0.1) is 10.6 Å². The molecule has 0 aliphatic carbocycles. The van der Waals surface area contributed by atoms with Crippen molar-refractivity contribution >= 4 is 61.9 Å². The Morgan fingerprint density at radius 1 is 1.23 bits per heavy atom. The van der Waals surface area contributed by atoms with E-state index in [-0.39, 0.29) is 5.91 Å². The van der Waals surface area contributed by atoms with Crippen LogP contribution in [0.3, 0.4) is 0 Å². The first-order chi connectivity index (χ1) is 10.5. The minimum absolute atomic E-state index is 0.111. The SMILES string of the molecule is Cc1cccc(C)c1N1C(=O)/C(=C\c2ccc(Br)o2)SC1=S. The second-order valence-corrected chi connectivity index (χ2v) is 7.36. The van der Waals surface area contributed by atoms with E-state index in [9.17, 15) is 4.79 Å². The summed E-state index contributed by atoms with van der Waals surface area (Å²) in [6.07, 6.45) is 1.72. The normalized spacial score (nSPS) is 16.9. The van der Waals surface area contributed by atoms with Gasteiger partial charge in [0, 0.05) is 6.08 Å². The van der Waals surface area contributed by atoms with Crippen molar-refractivity contribution in [2.45, 2.75) is 13.8 Å². The molecule has 1 fully saturated rings. The van der Waals surface area contributed by atoms with Crippen molar-refractivity contribution in [3.05, 3.63) is 56.8 Å². The van der Waals surface area contributed by atoms with Crippen LogP contribution in [0.1, 0.15) is 16.9 Å². The summed E-state index contributed by atoms with van der Waals surface area (Å²) >= 11 is 9.95. The standard InChI is InChI=1S/C16H12BrNO2S2/c1-9-4-3-5-10(2)14(9)18-15(19)12(22-16(18)21)8-11-6-7-13(17)20-11/h3-8H,1-2H3/b12-8+. The molecule has 0 atom stereocenters. The third-order valence-electron chi connectivity index (χ3n) is 3.32. The van der Waals surface area contributed by atoms with Gasteiger partial charge in [0.15, 0.2) is 8.99 Å². The number of aryl methyl sites for hydroxylation is 2. The number of nitrogens with zero attached hydrogens (tertiary/aromatic N) is 1. The van der Waals surface area contributed by atoms with Crippen LogP contribution < -0.4 is 4.90 Å². The van der Waals surface area contributed by atoms with Gasteiger partial charge in [-0.15, -0.1) is 0 Å². The van der Waals surface area contributed by atoms with Gasteiger partial charge in [0.2, 0.25) is 0 Å². The number of para-hydroxylation sites is 1. The van der Waals surface area contributed by atoms with Gasteiger partial charge in [-0.2, -0.15) is 0 Å². The van der Waals surface area contributed by atoms with Gasteiger partial charge in [-0.25, -0.2) is 0 Å². The lowest BCUT2D eigenvalue weighted by Gasteiger charge is -2.19. The van der Waals surface area contributed by atoms with E-state index in [1.54, 1.807) is 23.1 Å². The molecule has 0 unspecified atom stereocenters. The monoisotopic (exact) mass is 393 g/mol. The molecule has 2 aromatic rings. The number of carbonyl (C=O) groups excluding carboxylic acids is 1. The molecule has 1 aliphatic heterocycles. The van der Waals surface area contributed by atoms with Gasteiger partial charge in [-0.1, -0.05) is 42.2 Å². The number of thiocarbonyl (C=S) groups is 1. The zero-order valence-electron chi connectivity index (χ0n) is 11.9. The highest BCUT2D eigenvalue weighted by atomic mass is 79.9. The molecule has 1 aromatic heterocycles. The van der Waals surface area contributed by atoms with Crippen LogP contribution in [0, 0.1) is 13.8 Å². The quantitative estimate of drug-likeness (QED) is 0.526. The summed E-state index contributed by atoms with van der Waals surface area (Å²) in [7, 11) is 0. The summed E-state index contributed by atoms with van der Waals surface area (Å²) in [6, 6.07) is 9.53. The number of hydrogen-bond acceptors (Lipinski definition) is 4. The van der Waals surface area contributed by atoms with Gasteiger partial charge in [-0.05, 0) is 53.0 Å². The van der Waals surface area contributed by atoms with Crippen molar-refractivity contribution in [1.82, 2.24) is 0 Å². The van der Waals surface area contributed by atoms with Gasteiger partial charge in [0.25, 0.3) is 5.91 Å². The summed E-state index contributed by atoms with van der Waals surface area (Å²) in [4.78, 5) is 14.9. The molecule has 0 radical (unpaired) electrons. The molecular weight excluding hydrogens is 382 g/mol. The minimum atomic E-state index is -0.111. The van der Waals surface area contributed by atoms with E-state index in [2.05, 4.69) is 15.9 Å². The Morgan fingerprint density at radius 2 is 1.91 bits per heavy atom. The largest absolute Gasteiger partial charge is 0.450 e. The Hall–Kier alpha value is -1.37. The summed E-state index contributed by atoms with van der Waals surface area (Å²) in [5, 5.41) is 0. The van der Waals surface area contributed by atoms with Crippen molar-refractivity contribution in [3.8, 4) is 0 Å². The second-order valence-electron chi connectivity index (χ2n) is 4.90. The third kappa shape index (κ3) is 2.78. The van der Waals surface area contributed by atoms with Crippen molar-refractivity contribution in [3.63, 3.8) is 0 Å². The molecule has 1 aliphatic rings. The summed E-state index contributed by atoms with van der Waals surface area (Å²) in [6.45, 7) is 3.96. The number of amides is 1. The highest BCUT2D eigenvalue weighted by molar-refractivity contribution is 9.10. The number of anilines is 1. The maximum atomic E-state index is 12.7. The van der Waals surface area contributed by atoms with E-state index in [4.69, 9.17) is 16.6 Å². The van der Waals surface area contributed by atoms with E-state index >= 15 is 0 Å². The number of furan rings is 1. The summed E-state index contributed by atoms with van der Waals surface area (Å²) < 4.78 is 6.60. The highest BCUT2D eigenvalue weighted by Gasteiger charge is 2.35. The van der Waals surface area contributed by atoms with Crippen molar-refractivity contribution in [2.24, 2.45) is 0 Å². The Bertz CT molecular complexity index is 790. The van der Waals surface area contributed by atoms with E-state index in [1.807, 2.05) is 32.0 Å². The molecule has 0 saturated carbocycles. The molecule has 1 amide bonds. The number of halogens is 1. The molecule has 1 aromatic carbocycles. The maximum absolute atomic E-state index is 12.7. The van der Waals surface area contributed by atoms with E-state index in [0.29, 0.717) is 19.7 Å². The summed E-state index contributed by atoms with van der Waals surface area (Å²) in [5.41, 5.74) is 2.92. The molecule has 3 nitrogen and oxygen atoms in total. The molecule has 22 heavy (non-hydrogen) atoms. The Morgan fingerprint density at radius 3 is 2.50 bits per heavy atom. The first-order valence-corrected chi connectivity index (χ1v) is 8.58. The first kappa shape index (κ1) is 15.5. The molecule has 0 spiro atoms. The molecule has 2 heterocycles. The van der Waals surface area contributed by atoms with Crippen LogP contribution in [0.5, 0.6) is 0 Å². The number of hydrogen-bond donors (Lipinski definition) is 0. The molecule has 3 rings (SSSR count). The average Bonchev–Trinajstić information content (AvgIpc) is 2.97. The smallest absolute Gasteiger partial charge is 0.270 e. The molecule has 112 valence electrons. The Balaban J connectivity index is 2.00. The van der Waals surface area contributed by atoms with Crippen LogP contribution in [0.25, 0.3) is 6.08 Å². The minimum Gasteiger partial charge on any atom is -0.450 e. The van der Waals surface area contributed by atoms with Crippen LogP contribution in [0.15, 0.2) is 44.3 Å². The lowest BCUT2D eigenvalue weighted by atomic mass is 10.1. The molecule has 0 N–H and O–H groups in total. The molecule has 6 heteroatoms. The predicted octanol–water partition coefficient (Wildman–Crippen LogP) is 5.06.